The lowest BCUT2D eigenvalue weighted by atomic mass is 10.3. The Kier molecular flexibility index (Phi) is 8.56. The van der Waals surface area contributed by atoms with E-state index in [-0.39, 0.29) is 0 Å². The molecule has 0 bridgehead atoms. The Hall–Kier alpha value is -2.85. The summed E-state index contributed by atoms with van der Waals surface area (Å²) >= 11 is 0. The summed E-state index contributed by atoms with van der Waals surface area (Å²) in [5.74, 6) is 0. The molecule has 0 aromatic heterocycles. The van der Waals surface area contributed by atoms with Crippen molar-refractivity contribution in [2.24, 2.45) is 0 Å². The standard InChI is InChI=1S/C19H17N/c20-18-19-16-14-12-10-8-6-4-2-1-3-5-7-9-11-13-15-17-19/h1-17H. The Morgan fingerprint density at radius 2 is 0.700 bits per heavy atom. The summed E-state index contributed by atoms with van der Waals surface area (Å²) in [6.07, 6.45) is 0. The number of nitriles is 1. The molecule has 0 fully saturated rings. The molecule has 0 spiro atoms. The van der Waals surface area contributed by atoms with E-state index in [1.54, 1.807) is 12.1 Å². The van der Waals surface area contributed by atoms with Crippen LogP contribution < -0.4 is 0 Å². The molecule has 0 aliphatic heterocycles. The molecular weight excluding hydrogens is 242 g/mol. The third-order valence-electron chi connectivity index (χ3n) is 2.24. The molecule has 1 heteroatoms. The normalized spacial score (nSPS) is 7.95. The van der Waals surface area contributed by atoms with E-state index in [1.807, 2.05) is 91.0 Å². The van der Waals surface area contributed by atoms with E-state index in [0.29, 0.717) is 5.56 Å². The summed E-state index contributed by atoms with van der Waals surface area (Å²) in [7, 11) is 0. The number of hydrogen-bond acceptors (Lipinski definition) is 1. The zero-order chi connectivity index (χ0) is 14.3. The van der Waals surface area contributed by atoms with Crippen molar-refractivity contribution in [2.45, 2.75) is 0 Å². The molecule has 0 saturated carbocycles. The molecule has 0 unspecified atom stereocenters. The Morgan fingerprint density at radius 1 is 0.450 bits per heavy atom. The molecule has 1 aromatic rings. The van der Waals surface area contributed by atoms with Crippen LogP contribution >= 0.6 is 0 Å². The molecule has 0 amide bonds. The van der Waals surface area contributed by atoms with E-state index >= 15 is 0 Å². The van der Waals surface area contributed by atoms with Crippen LogP contribution in [-0.2, 0) is 0 Å². The molecule has 0 atom stereocenters. The first-order chi connectivity index (χ1) is 9.93. The average Bonchev–Trinajstić information content (AvgIpc) is 2.47. The van der Waals surface area contributed by atoms with Gasteiger partial charge in [-0.1, -0.05) is 91.0 Å². The van der Waals surface area contributed by atoms with Crippen LogP contribution in [0.3, 0.4) is 0 Å². The molecule has 0 aliphatic carbocycles. The van der Waals surface area contributed by atoms with Crippen LogP contribution in [0.15, 0.2) is 103 Å². The van der Waals surface area contributed by atoms with Gasteiger partial charge < -0.3 is 0 Å². The quantitative estimate of drug-likeness (QED) is 0.648. The zero-order valence-corrected chi connectivity index (χ0v) is 11.3. The van der Waals surface area contributed by atoms with Crippen molar-refractivity contribution >= 4 is 0 Å². The summed E-state index contributed by atoms with van der Waals surface area (Å²) in [6.45, 7) is 0. The van der Waals surface area contributed by atoms with Crippen molar-refractivity contribution < 1.29 is 0 Å². The minimum Gasteiger partial charge on any atom is -0.192 e. The van der Waals surface area contributed by atoms with E-state index in [0.717, 1.165) is 0 Å². The summed E-state index contributed by atoms with van der Waals surface area (Å²) in [6, 6.07) is 34.6. The summed E-state index contributed by atoms with van der Waals surface area (Å²) in [4.78, 5) is 0. The van der Waals surface area contributed by atoms with Crippen LogP contribution in [0.25, 0.3) is 0 Å². The van der Waals surface area contributed by atoms with Gasteiger partial charge in [0, 0.05) is 0 Å². The maximum absolute atomic E-state index is 8.96. The molecule has 20 heavy (non-hydrogen) atoms. The first-order valence-corrected chi connectivity index (χ1v) is 6.38. The summed E-state index contributed by atoms with van der Waals surface area (Å²) in [5, 5.41) is 8.96. The first-order valence-electron chi connectivity index (χ1n) is 6.38. The molecular formula is C19H17N. The van der Waals surface area contributed by atoms with Gasteiger partial charge in [-0.3, -0.25) is 0 Å². The van der Waals surface area contributed by atoms with Crippen LogP contribution in [0.4, 0.5) is 0 Å². The Labute approximate surface area is 120 Å². The third kappa shape index (κ3) is 8.27. The number of nitrogens with zero attached hydrogens (tertiary/aromatic N) is 1. The molecule has 0 N–H and O–H groups in total. The van der Waals surface area contributed by atoms with Gasteiger partial charge in [0.25, 0.3) is 0 Å². The first kappa shape index (κ1) is 15.2. The van der Waals surface area contributed by atoms with Gasteiger partial charge in [0.2, 0.25) is 0 Å². The van der Waals surface area contributed by atoms with Crippen LogP contribution in [-0.4, -0.2) is 0 Å². The molecule has 0 aliphatic rings. The highest BCUT2D eigenvalue weighted by atomic mass is 14.2. The Morgan fingerprint density at radius 3 is 0.950 bits per heavy atom. The topological polar surface area (TPSA) is 23.8 Å². The SMILES string of the molecule is N#Cc1ccccccccccccccccc1. The van der Waals surface area contributed by atoms with E-state index < -0.39 is 0 Å². The molecule has 0 heterocycles. The minimum atomic E-state index is 0.614. The van der Waals surface area contributed by atoms with Gasteiger partial charge >= 0.3 is 0 Å². The highest BCUT2D eigenvalue weighted by Crippen LogP contribution is 1.90. The largest absolute Gasteiger partial charge is 0.192 e. The van der Waals surface area contributed by atoms with Crippen LogP contribution in [0.5, 0.6) is 0 Å². The lowest BCUT2D eigenvalue weighted by Crippen LogP contribution is -1.63. The Balaban J connectivity index is 3.19. The monoisotopic (exact) mass is 259 g/mol. The van der Waals surface area contributed by atoms with Gasteiger partial charge in [-0.25, -0.2) is 0 Å². The van der Waals surface area contributed by atoms with E-state index in [4.69, 9.17) is 5.26 Å². The van der Waals surface area contributed by atoms with E-state index in [9.17, 15) is 0 Å². The smallest absolute Gasteiger partial charge is 0.0991 e. The molecule has 98 valence electrons. The highest BCUT2D eigenvalue weighted by molar-refractivity contribution is 5.25. The second-order valence-corrected chi connectivity index (χ2v) is 3.79. The second-order valence-electron chi connectivity index (χ2n) is 3.79. The number of hydrogen-bond donors (Lipinski definition) is 0. The van der Waals surface area contributed by atoms with Gasteiger partial charge in [0.15, 0.2) is 0 Å². The molecule has 1 rings (SSSR count). The van der Waals surface area contributed by atoms with Crippen molar-refractivity contribution in [3.63, 3.8) is 0 Å². The van der Waals surface area contributed by atoms with Gasteiger partial charge in [0.05, 0.1) is 11.6 Å². The van der Waals surface area contributed by atoms with Gasteiger partial charge in [-0.2, -0.15) is 5.26 Å². The fourth-order valence-electron chi connectivity index (χ4n) is 1.28. The van der Waals surface area contributed by atoms with Crippen molar-refractivity contribution in [2.75, 3.05) is 0 Å². The van der Waals surface area contributed by atoms with E-state index in [1.165, 1.54) is 0 Å². The highest BCUT2D eigenvalue weighted by Gasteiger charge is 1.76. The maximum atomic E-state index is 8.96. The lowest BCUT2D eigenvalue weighted by molar-refractivity contribution is 1.49. The van der Waals surface area contributed by atoms with Crippen LogP contribution in [0.1, 0.15) is 5.56 Å². The average molecular weight is 259 g/mol. The fraction of sp³-hybridized carbons (Fsp3) is 0. The predicted octanol–water partition coefficient (Wildman–Crippen LogP) is 4.93. The maximum Gasteiger partial charge on any atom is 0.0991 e. The summed E-state index contributed by atoms with van der Waals surface area (Å²) in [5.41, 5.74) is 0.614. The zero-order valence-electron chi connectivity index (χ0n) is 11.3. The summed E-state index contributed by atoms with van der Waals surface area (Å²) < 4.78 is 0. The van der Waals surface area contributed by atoms with Crippen molar-refractivity contribution in [3.8, 4) is 6.07 Å². The molecule has 1 nitrogen and oxygen atoms in total. The van der Waals surface area contributed by atoms with Gasteiger partial charge in [0.1, 0.15) is 0 Å². The minimum absolute atomic E-state index is 0.614. The fourth-order valence-corrected chi connectivity index (χ4v) is 1.28. The molecule has 0 saturated heterocycles. The van der Waals surface area contributed by atoms with Crippen LogP contribution in [0, 0.1) is 11.3 Å². The molecule has 0 radical (unpaired) electrons. The Bertz CT molecular complexity index is 565. The van der Waals surface area contributed by atoms with Crippen molar-refractivity contribution in [3.05, 3.63) is 109 Å². The van der Waals surface area contributed by atoms with Gasteiger partial charge in [-0.15, -0.1) is 0 Å². The third-order valence-corrected chi connectivity index (χ3v) is 2.24. The van der Waals surface area contributed by atoms with Crippen LogP contribution in [0.2, 0.25) is 0 Å². The predicted molar refractivity (Wildman–Crippen MR) is 84.0 cm³/mol. The van der Waals surface area contributed by atoms with Crippen molar-refractivity contribution in [1.82, 2.24) is 0 Å². The molecule has 1 aromatic carbocycles. The van der Waals surface area contributed by atoms with Gasteiger partial charge in [-0.05, 0) is 12.1 Å². The number of rotatable bonds is 0. The lowest BCUT2D eigenvalue weighted by Gasteiger charge is -1.76. The van der Waals surface area contributed by atoms with E-state index in [2.05, 4.69) is 6.07 Å². The van der Waals surface area contributed by atoms with Crippen molar-refractivity contribution in [1.29, 1.82) is 5.26 Å². The second kappa shape index (κ2) is 11.3.